The second-order valence-corrected chi connectivity index (χ2v) is 17.1. The van der Waals surface area contributed by atoms with E-state index in [1.54, 1.807) is 0 Å². The first-order valence-electron chi connectivity index (χ1n) is 19.4. The van der Waals surface area contributed by atoms with Crippen molar-refractivity contribution in [3.05, 3.63) is 142 Å². The van der Waals surface area contributed by atoms with Gasteiger partial charge < -0.3 is 14.2 Å². The third kappa shape index (κ3) is 3.35. The Bertz CT molecular complexity index is 2800. The third-order valence-electron chi connectivity index (χ3n) is 13.6. The van der Waals surface area contributed by atoms with Gasteiger partial charge >= 0.3 is 0 Å². The number of para-hydroxylation sites is 2. The molecule has 5 aromatic carbocycles. The lowest BCUT2D eigenvalue weighted by Crippen LogP contribution is -2.58. The van der Waals surface area contributed by atoms with Crippen molar-refractivity contribution >= 4 is 44.6 Å². The van der Waals surface area contributed by atoms with E-state index in [0.29, 0.717) is 11.8 Å². The number of nitrogens with zero attached hydrogens (tertiary/aromatic N) is 4. The maximum atomic E-state index is 6.75. The fourth-order valence-electron chi connectivity index (χ4n) is 11.3. The number of likely N-dealkylation sites (N-methyl/N-ethyl adjacent to an activating group) is 1. The lowest BCUT2D eigenvalue weighted by atomic mass is 9.61. The van der Waals surface area contributed by atoms with Crippen molar-refractivity contribution in [2.45, 2.75) is 76.9 Å². The smallest absolute Gasteiger partial charge is 0.294 e. The van der Waals surface area contributed by atoms with Crippen molar-refractivity contribution in [1.29, 1.82) is 0 Å². The molecule has 2 aromatic heterocycles. The SMILES string of the molecule is CC(C)c1cccc(C(C)C)c1-n1cc[n+]2c1-c1ccccc1C1C3=C(c4ccc5oc6cccc7c6c5c4N4c5c(cccc5C7(C)C)N(C)C34)C12. The Morgan fingerprint density at radius 2 is 1.42 bits per heavy atom. The maximum Gasteiger partial charge on any atom is 0.294 e. The van der Waals surface area contributed by atoms with Crippen LogP contribution >= 0.6 is 0 Å². The molecule has 7 aromatic rings. The van der Waals surface area contributed by atoms with Crippen LogP contribution in [-0.2, 0) is 5.41 Å². The summed E-state index contributed by atoms with van der Waals surface area (Å²) < 4.78 is 11.9. The zero-order valence-corrected chi connectivity index (χ0v) is 31.4. The van der Waals surface area contributed by atoms with Crippen LogP contribution in [0.25, 0.3) is 44.6 Å². The van der Waals surface area contributed by atoms with Gasteiger partial charge in [0.1, 0.15) is 41.5 Å². The average Bonchev–Trinajstić information content (AvgIpc) is 3.83. The molecule has 0 radical (unpaired) electrons. The number of rotatable bonds is 3. The molecule has 0 N–H and O–H groups in total. The van der Waals surface area contributed by atoms with Gasteiger partial charge in [-0.1, -0.05) is 102 Å². The van der Waals surface area contributed by atoms with Gasteiger partial charge in [0.15, 0.2) is 0 Å². The molecule has 4 aliphatic heterocycles. The topological polar surface area (TPSA) is 28.4 Å². The number of imidazole rings is 1. The molecular weight excluding hydrogens is 649 g/mol. The van der Waals surface area contributed by atoms with E-state index in [1.807, 2.05) is 0 Å². The van der Waals surface area contributed by atoms with Crippen LogP contribution in [0.2, 0.25) is 0 Å². The summed E-state index contributed by atoms with van der Waals surface area (Å²) in [5, 5.41) is 2.51. The molecule has 0 amide bonds. The second-order valence-electron chi connectivity index (χ2n) is 17.1. The Morgan fingerprint density at radius 1 is 0.698 bits per heavy atom. The molecule has 1 aliphatic carbocycles. The van der Waals surface area contributed by atoms with E-state index < -0.39 is 0 Å². The predicted octanol–water partition coefficient (Wildman–Crippen LogP) is 11.3. The summed E-state index contributed by atoms with van der Waals surface area (Å²) >= 11 is 0. The van der Waals surface area contributed by atoms with E-state index in [4.69, 9.17) is 4.42 Å². The molecule has 6 heterocycles. The number of hydrogen-bond donors (Lipinski definition) is 0. The molecule has 3 atom stereocenters. The third-order valence-corrected chi connectivity index (χ3v) is 13.6. The molecule has 12 rings (SSSR count). The van der Waals surface area contributed by atoms with Gasteiger partial charge in [-0.3, -0.25) is 0 Å². The molecule has 0 bridgehead atoms. The highest BCUT2D eigenvalue weighted by Crippen LogP contribution is 2.68. The first-order valence-corrected chi connectivity index (χ1v) is 19.4. The number of anilines is 3. The van der Waals surface area contributed by atoms with Gasteiger partial charge in [0.25, 0.3) is 5.82 Å². The average molecular weight is 692 g/mol. The monoisotopic (exact) mass is 691 g/mol. The van der Waals surface area contributed by atoms with Gasteiger partial charge in [-0.2, -0.15) is 4.57 Å². The molecule has 0 fully saturated rings. The Balaban J connectivity index is 1.19. The van der Waals surface area contributed by atoms with Crippen molar-refractivity contribution < 1.29 is 8.98 Å². The molecule has 53 heavy (non-hydrogen) atoms. The number of hydrogen-bond acceptors (Lipinski definition) is 3. The summed E-state index contributed by atoms with van der Waals surface area (Å²) in [5.74, 6) is 2.33. The lowest BCUT2D eigenvalue weighted by Gasteiger charge is -2.52. The number of furan rings is 1. The highest BCUT2D eigenvalue weighted by atomic mass is 16.3. The Labute approximate surface area is 310 Å². The highest BCUT2D eigenvalue weighted by Gasteiger charge is 2.61. The minimum absolute atomic E-state index is 0.0676. The van der Waals surface area contributed by atoms with Crippen LogP contribution in [0.15, 0.2) is 113 Å². The lowest BCUT2D eigenvalue weighted by molar-refractivity contribution is -0.705. The minimum Gasteiger partial charge on any atom is -0.456 e. The van der Waals surface area contributed by atoms with Crippen molar-refractivity contribution in [2.75, 3.05) is 16.8 Å². The quantitative estimate of drug-likeness (QED) is 0.173. The van der Waals surface area contributed by atoms with Crippen LogP contribution < -0.4 is 14.4 Å². The van der Waals surface area contributed by atoms with E-state index in [1.165, 1.54) is 89.4 Å². The summed E-state index contributed by atoms with van der Waals surface area (Å²) in [6.45, 7) is 14.1. The van der Waals surface area contributed by atoms with E-state index in [9.17, 15) is 0 Å². The van der Waals surface area contributed by atoms with Gasteiger partial charge in [0, 0.05) is 40.1 Å². The van der Waals surface area contributed by atoms with Gasteiger partial charge in [-0.25, -0.2) is 4.57 Å². The standard InChI is InChI=1S/C48H43N4O/c1-25(2)27-15-10-16-28(26(3)4)42(27)50-23-24-51-45-37(29-13-8-9-14-30(29)46(50)51)41-38(45)31-21-22-36-40-39-32(17-12-20-35(39)53-36)48(5,6)33-18-11-19-34-44(33)52(43(31)40)47(41)49(34)7/h8-26,37,45,47H,1-7H3/q+1. The van der Waals surface area contributed by atoms with Crippen LogP contribution in [0, 0.1) is 0 Å². The zero-order chi connectivity index (χ0) is 35.8. The second kappa shape index (κ2) is 9.70. The molecule has 5 nitrogen and oxygen atoms in total. The summed E-state index contributed by atoms with van der Waals surface area (Å²) in [7, 11) is 2.32. The summed E-state index contributed by atoms with van der Waals surface area (Å²) in [6, 6.07) is 34.6. The van der Waals surface area contributed by atoms with Crippen LogP contribution in [0.4, 0.5) is 17.1 Å². The first kappa shape index (κ1) is 30.0. The molecule has 260 valence electrons. The van der Waals surface area contributed by atoms with Crippen molar-refractivity contribution in [3.63, 3.8) is 0 Å². The van der Waals surface area contributed by atoms with Crippen molar-refractivity contribution in [2.24, 2.45) is 0 Å². The highest BCUT2D eigenvalue weighted by molar-refractivity contribution is 6.19. The van der Waals surface area contributed by atoms with Crippen LogP contribution in [0.1, 0.15) is 98.7 Å². The van der Waals surface area contributed by atoms with Crippen LogP contribution in [0.3, 0.4) is 0 Å². The summed E-state index contributed by atoms with van der Waals surface area (Å²) in [4.78, 5) is 5.28. The number of fused-ring (bicyclic) bond motifs is 10. The number of allylic oxidation sites excluding steroid dienone is 1. The molecule has 3 unspecified atom stereocenters. The largest absolute Gasteiger partial charge is 0.456 e. The fraction of sp³-hybridized carbons (Fsp3) is 0.271. The number of benzene rings is 5. The summed E-state index contributed by atoms with van der Waals surface area (Å²) in [6.07, 6.45) is 4.79. The van der Waals surface area contributed by atoms with Crippen LogP contribution in [-0.4, -0.2) is 17.8 Å². The van der Waals surface area contributed by atoms with E-state index in [0.717, 1.165) is 11.2 Å². The van der Waals surface area contributed by atoms with Crippen molar-refractivity contribution in [1.82, 2.24) is 4.57 Å². The number of aromatic nitrogens is 2. The van der Waals surface area contributed by atoms with E-state index in [-0.39, 0.29) is 23.5 Å². The predicted molar refractivity (Wildman–Crippen MR) is 215 cm³/mol. The maximum absolute atomic E-state index is 6.75. The van der Waals surface area contributed by atoms with Gasteiger partial charge in [0.05, 0.1) is 33.9 Å². The first-order chi connectivity index (χ1) is 25.7. The molecule has 0 saturated carbocycles. The zero-order valence-electron chi connectivity index (χ0n) is 31.4. The summed E-state index contributed by atoms with van der Waals surface area (Å²) in [5.41, 5.74) is 19.6. The molecule has 5 aliphatic rings. The fourth-order valence-corrected chi connectivity index (χ4v) is 11.3. The van der Waals surface area contributed by atoms with E-state index in [2.05, 4.69) is 171 Å². The van der Waals surface area contributed by atoms with Gasteiger partial charge in [-0.15, -0.1) is 0 Å². The Kier molecular flexibility index (Phi) is 5.49. The normalized spacial score (nSPS) is 20.9. The molecule has 5 heteroatoms. The van der Waals surface area contributed by atoms with Gasteiger partial charge in [-0.05, 0) is 64.4 Å². The molecule has 0 spiro atoms. The Morgan fingerprint density at radius 3 is 2.21 bits per heavy atom. The van der Waals surface area contributed by atoms with E-state index >= 15 is 0 Å². The molecule has 0 saturated heterocycles. The van der Waals surface area contributed by atoms with Crippen molar-refractivity contribution in [3.8, 4) is 17.1 Å². The Hall–Kier alpha value is -5.55. The van der Waals surface area contributed by atoms with Crippen LogP contribution in [0.5, 0.6) is 0 Å². The molecular formula is C48H43N4O+. The van der Waals surface area contributed by atoms with Gasteiger partial charge in [0.2, 0.25) is 0 Å². The minimum atomic E-state index is -0.228.